The van der Waals surface area contributed by atoms with E-state index in [2.05, 4.69) is 0 Å². The molecule has 2 aliphatic rings. The predicted octanol–water partition coefficient (Wildman–Crippen LogP) is 5.76. The summed E-state index contributed by atoms with van der Waals surface area (Å²) in [5.41, 5.74) is 1.17. The summed E-state index contributed by atoms with van der Waals surface area (Å²) >= 11 is 12.2. The minimum Gasteiger partial charge on any atom is -0.507 e. The Morgan fingerprint density at radius 3 is 2.35 bits per heavy atom. The van der Waals surface area contributed by atoms with Gasteiger partial charge in [0.1, 0.15) is 11.5 Å². The van der Waals surface area contributed by atoms with Crippen LogP contribution >= 0.6 is 23.2 Å². The number of Topliss-reactive ketones (excluding diaryl/α,β-unsaturated/α-hetero) is 1. The Kier molecular flexibility index (Phi) is 6.26. The first-order valence-electron chi connectivity index (χ1n) is 10.3. The molecule has 1 unspecified atom stereocenters. The Morgan fingerprint density at radius 1 is 1.03 bits per heavy atom. The fourth-order valence-electron chi connectivity index (χ4n) is 4.52. The van der Waals surface area contributed by atoms with Crippen LogP contribution in [0.2, 0.25) is 10.0 Å². The Morgan fingerprint density at radius 2 is 1.71 bits per heavy atom. The number of carbonyl (C=O) groups is 2. The minimum atomic E-state index is -0.683. The summed E-state index contributed by atoms with van der Waals surface area (Å²) < 4.78 is 5.24. The third-order valence-corrected chi connectivity index (χ3v) is 6.62. The topological polar surface area (TPSA) is 66.8 Å². The number of rotatable bonds is 4. The molecule has 31 heavy (non-hydrogen) atoms. The van der Waals surface area contributed by atoms with Crippen LogP contribution in [0.15, 0.2) is 48.0 Å². The Bertz CT molecular complexity index is 1040. The van der Waals surface area contributed by atoms with Crippen LogP contribution in [0.4, 0.5) is 0 Å². The lowest BCUT2D eigenvalue weighted by Crippen LogP contribution is -2.40. The highest BCUT2D eigenvalue weighted by atomic mass is 35.5. The smallest absolute Gasteiger partial charge is 0.295 e. The molecule has 1 atom stereocenters. The van der Waals surface area contributed by atoms with Crippen LogP contribution in [-0.4, -0.2) is 34.8 Å². The number of amides is 1. The van der Waals surface area contributed by atoms with E-state index in [-0.39, 0.29) is 17.4 Å². The molecular weight excluding hydrogens is 437 g/mol. The van der Waals surface area contributed by atoms with Crippen LogP contribution in [-0.2, 0) is 9.59 Å². The molecule has 0 spiro atoms. The number of hydrogen-bond acceptors (Lipinski definition) is 4. The van der Waals surface area contributed by atoms with E-state index in [1.807, 2.05) is 0 Å². The zero-order valence-electron chi connectivity index (χ0n) is 17.1. The Hall–Kier alpha value is -2.50. The highest BCUT2D eigenvalue weighted by Crippen LogP contribution is 2.43. The van der Waals surface area contributed by atoms with E-state index in [9.17, 15) is 14.7 Å². The Labute approximate surface area is 191 Å². The zero-order chi connectivity index (χ0) is 22.1. The van der Waals surface area contributed by atoms with E-state index in [1.165, 1.54) is 7.11 Å². The summed E-state index contributed by atoms with van der Waals surface area (Å²) in [6.45, 7) is 0. The first kappa shape index (κ1) is 21.7. The van der Waals surface area contributed by atoms with Crippen molar-refractivity contribution >= 4 is 40.7 Å². The van der Waals surface area contributed by atoms with E-state index in [4.69, 9.17) is 27.9 Å². The molecule has 162 valence electrons. The molecule has 1 saturated carbocycles. The third kappa shape index (κ3) is 4.04. The number of benzene rings is 2. The SMILES string of the molecule is COc1cc(/C(O)=C2/C(=O)C(=O)N(C3CCCCC3)C2c2ccc(Cl)cc2)ccc1Cl. The number of aliphatic hydroxyl groups is 1. The molecular formula is C24H23Cl2NO4. The molecule has 2 fully saturated rings. The van der Waals surface area contributed by atoms with Gasteiger partial charge in [-0.2, -0.15) is 0 Å². The van der Waals surface area contributed by atoms with E-state index in [0.717, 1.165) is 37.7 Å². The number of carbonyl (C=O) groups excluding carboxylic acids is 2. The van der Waals surface area contributed by atoms with Crippen LogP contribution in [0.3, 0.4) is 0 Å². The number of ketones is 1. The fourth-order valence-corrected chi connectivity index (χ4v) is 4.84. The van der Waals surface area contributed by atoms with Crippen molar-refractivity contribution in [3.05, 3.63) is 69.2 Å². The molecule has 1 heterocycles. The monoisotopic (exact) mass is 459 g/mol. The molecule has 1 N–H and O–H groups in total. The van der Waals surface area contributed by atoms with E-state index < -0.39 is 17.7 Å². The van der Waals surface area contributed by atoms with Gasteiger partial charge in [0.2, 0.25) is 0 Å². The average Bonchev–Trinajstić information content (AvgIpc) is 3.05. The van der Waals surface area contributed by atoms with Crippen molar-refractivity contribution in [2.45, 2.75) is 44.2 Å². The van der Waals surface area contributed by atoms with Crippen molar-refractivity contribution in [1.82, 2.24) is 4.90 Å². The fraction of sp³-hybridized carbons (Fsp3) is 0.333. The maximum absolute atomic E-state index is 13.2. The largest absolute Gasteiger partial charge is 0.507 e. The van der Waals surface area contributed by atoms with Crippen molar-refractivity contribution in [3.63, 3.8) is 0 Å². The number of halogens is 2. The van der Waals surface area contributed by atoms with Gasteiger partial charge in [-0.15, -0.1) is 0 Å². The van der Waals surface area contributed by atoms with Crippen molar-refractivity contribution in [2.75, 3.05) is 7.11 Å². The Balaban J connectivity index is 1.87. The van der Waals surface area contributed by atoms with Crippen molar-refractivity contribution in [1.29, 1.82) is 0 Å². The quantitative estimate of drug-likeness (QED) is 0.358. The molecule has 1 saturated heterocycles. The van der Waals surface area contributed by atoms with Gasteiger partial charge >= 0.3 is 0 Å². The summed E-state index contributed by atoms with van der Waals surface area (Å²) in [4.78, 5) is 27.9. The number of likely N-dealkylation sites (tertiary alicyclic amines) is 1. The number of methoxy groups -OCH3 is 1. The summed E-state index contributed by atoms with van der Waals surface area (Å²) in [5, 5.41) is 12.1. The van der Waals surface area contributed by atoms with Crippen molar-refractivity contribution in [3.8, 4) is 5.75 Å². The molecule has 0 radical (unpaired) electrons. The van der Waals surface area contributed by atoms with Gasteiger partial charge in [-0.05, 0) is 48.7 Å². The third-order valence-electron chi connectivity index (χ3n) is 6.06. The maximum Gasteiger partial charge on any atom is 0.295 e. The summed E-state index contributed by atoms with van der Waals surface area (Å²) in [6, 6.07) is 11.1. The van der Waals surface area contributed by atoms with Crippen LogP contribution in [0.25, 0.3) is 5.76 Å². The average molecular weight is 460 g/mol. The standard InChI is InChI=1S/C24H23Cl2NO4/c1-31-19-13-15(9-12-18(19)26)22(28)20-21(14-7-10-16(25)11-8-14)27(24(30)23(20)29)17-5-3-2-4-6-17/h7-13,17,21,28H,2-6H2,1H3/b22-20-. The van der Waals surface area contributed by atoms with E-state index in [0.29, 0.717) is 21.4 Å². The number of nitrogens with zero attached hydrogens (tertiary/aromatic N) is 1. The summed E-state index contributed by atoms with van der Waals surface area (Å²) in [7, 11) is 1.47. The molecule has 1 aliphatic heterocycles. The van der Waals surface area contributed by atoms with Gasteiger partial charge in [0.15, 0.2) is 0 Å². The van der Waals surface area contributed by atoms with Crippen LogP contribution < -0.4 is 4.74 Å². The molecule has 7 heteroatoms. The number of hydrogen-bond donors (Lipinski definition) is 1. The zero-order valence-corrected chi connectivity index (χ0v) is 18.6. The maximum atomic E-state index is 13.2. The van der Waals surface area contributed by atoms with Gasteiger partial charge < -0.3 is 14.7 Å². The molecule has 0 aromatic heterocycles. The second-order valence-corrected chi connectivity index (χ2v) is 8.74. The minimum absolute atomic E-state index is 0.0454. The van der Waals surface area contributed by atoms with Crippen molar-refractivity contribution in [2.24, 2.45) is 0 Å². The molecule has 0 bridgehead atoms. The molecule has 1 aliphatic carbocycles. The molecule has 5 nitrogen and oxygen atoms in total. The number of ether oxygens (including phenoxy) is 1. The van der Waals surface area contributed by atoms with Gasteiger partial charge in [0.25, 0.3) is 11.7 Å². The van der Waals surface area contributed by atoms with Gasteiger partial charge in [0, 0.05) is 16.6 Å². The first-order chi connectivity index (χ1) is 14.9. The van der Waals surface area contributed by atoms with Crippen LogP contribution in [0.1, 0.15) is 49.3 Å². The lowest BCUT2D eigenvalue weighted by molar-refractivity contribution is -0.141. The second-order valence-electron chi connectivity index (χ2n) is 7.90. The van der Waals surface area contributed by atoms with Crippen LogP contribution in [0.5, 0.6) is 5.75 Å². The van der Waals surface area contributed by atoms with Gasteiger partial charge in [-0.25, -0.2) is 0 Å². The first-order valence-corrected chi connectivity index (χ1v) is 11.1. The normalized spacial score (nSPS) is 21.5. The van der Waals surface area contributed by atoms with Crippen molar-refractivity contribution < 1.29 is 19.4 Å². The van der Waals surface area contributed by atoms with E-state index in [1.54, 1.807) is 47.4 Å². The number of aliphatic hydroxyl groups excluding tert-OH is 1. The van der Waals surface area contributed by atoms with E-state index >= 15 is 0 Å². The molecule has 1 amide bonds. The van der Waals surface area contributed by atoms with Gasteiger partial charge in [-0.1, -0.05) is 54.6 Å². The lowest BCUT2D eigenvalue weighted by atomic mass is 9.91. The van der Waals surface area contributed by atoms with Crippen LogP contribution in [0, 0.1) is 0 Å². The summed E-state index contributed by atoms with van der Waals surface area (Å²) in [6.07, 6.45) is 4.82. The van der Waals surface area contributed by atoms with Gasteiger partial charge in [-0.3, -0.25) is 9.59 Å². The molecule has 2 aromatic rings. The van der Waals surface area contributed by atoms with Gasteiger partial charge in [0.05, 0.1) is 23.7 Å². The highest BCUT2D eigenvalue weighted by molar-refractivity contribution is 6.46. The highest BCUT2D eigenvalue weighted by Gasteiger charge is 2.48. The lowest BCUT2D eigenvalue weighted by Gasteiger charge is -2.35. The summed E-state index contributed by atoms with van der Waals surface area (Å²) in [5.74, 6) is -1.13. The molecule has 4 rings (SSSR count). The molecule has 2 aromatic carbocycles. The second kappa shape index (κ2) is 8.93. The predicted molar refractivity (Wildman–Crippen MR) is 120 cm³/mol.